The molecule has 10 heteroatoms. The van der Waals surface area contributed by atoms with Gasteiger partial charge in [0, 0.05) is 18.7 Å². The van der Waals surface area contributed by atoms with Gasteiger partial charge >= 0.3 is 0 Å². The van der Waals surface area contributed by atoms with Crippen LogP contribution in [0.5, 0.6) is 5.75 Å². The first kappa shape index (κ1) is 24.6. The van der Waals surface area contributed by atoms with Crippen molar-refractivity contribution in [2.45, 2.75) is 51.3 Å². The molecular formula is C27H25F2N3O5. The summed E-state index contributed by atoms with van der Waals surface area (Å²) in [4.78, 5) is 40.5. The lowest BCUT2D eigenvalue weighted by Gasteiger charge is -2.35. The fraction of sp³-hybridized carbons (Fsp3) is 0.296. The van der Waals surface area contributed by atoms with Crippen molar-refractivity contribution in [3.05, 3.63) is 99.0 Å². The summed E-state index contributed by atoms with van der Waals surface area (Å²) in [6.45, 7) is 1.99. The smallest absolute Gasteiger partial charge is 0.276 e. The molecule has 2 N–H and O–H groups in total. The second kappa shape index (κ2) is 9.78. The van der Waals surface area contributed by atoms with Crippen molar-refractivity contribution in [3.63, 3.8) is 0 Å². The Bertz CT molecular complexity index is 1430. The zero-order valence-corrected chi connectivity index (χ0v) is 20.0. The molecule has 2 aromatic carbocycles. The summed E-state index contributed by atoms with van der Waals surface area (Å²) in [6.07, 6.45) is 0.595. The Morgan fingerprint density at radius 2 is 1.92 bits per heavy atom. The lowest BCUT2D eigenvalue weighted by atomic mass is 9.98. The normalized spacial score (nSPS) is 20.5. The number of benzene rings is 2. The van der Waals surface area contributed by atoms with E-state index in [1.165, 1.54) is 22.9 Å². The average molecular weight is 510 g/mol. The number of pyridine rings is 1. The molecule has 2 aliphatic heterocycles. The number of hydrogen-bond donors (Lipinski definition) is 1. The van der Waals surface area contributed by atoms with Crippen molar-refractivity contribution in [1.29, 1.82) is 0 Å². The van der Waals surface area contributed by atoms with Gasteiger partial charge in [-0.2, -0.15) is 0 Å². The molecule has 192 valence electrons. The minimum absolute atomic E-state index is 0.00200. The van der Waals surface area contributed by atoms with Gasteiger partial charge in [-0.25, -0.2) is 8.78 Å². The number of hydrogen-bond acceptors (Lipinski definition) is 5. The van der Waals surface area contributed by atoms with E-state index in [4.69, 9.17) is 15.2 Å². The summed E-state index contributed by atoms with van der Waals surface area (Å²) in [5, 5.41) is 0. The number of amides is 2. The van der Waals surface area contributed by atoms with Crippen molar-refractivity contribution in [2.75, 3.05) is 0 Å². The Kier molecular flexibility index (Phi) is 6.51. The van der Waals surface area contributed by atoms with E-state index in [9.17, 15) is 23.2 Å². The van der Waals surface area contributed by atoms with Crippen molar-refractivity contribution in [2.24, 2.45) is 5.73 Å². The molecule has 0 bridgehead atoms. The number of nitrogens with zero attached hydrogens (tertiary/aromatic N) is 2. The zero-order chi connectivity index (χ0) is 26.3. The van der Waals surface area contributed by atoms with Crippen LogP contribution in [0.15, 0.2) is 59.5 Å². The first-order valence-corrected chi connectivity index (χ1v) is 11.9. The van der Waals surface area contributed by atoms with E-state index in [-0.39, 0.29) is 42.1 Å². The SMILES string of the molecule is CC[C@H]1C(Cc2ccc(F)cc2F)O[C@@H]2Cn3cc(C(N)=O)c(=O)c(OCc4ccccc4)c3C(=O)N21. The number of rotatable bonds is 7. The Hall–Kier alpha value is -4.05. The lowest BCUT2D eigenvalue weighted by molar-refractivity contribution is -0.0147. The highest BCUT2D eigenvalue weighted by atomic mass is 19.1. The number of nitrogens with two attached hydrogens (primary N) is 1. The summed E-state index contributed by atoms with van der Waals surface area (Å²) in [5.74, 6) is -3.07. The standard InChI is InChI=1S/C27H25F2N3O5/c1-2-20-21(10-16-8-9-17(28)11-19(16)29)37-22-13-31-12-18(26(30)34)24(33)25(23(31)27(35)32(20)22)36-14-15-6-4-3-5-7-15/h3-9,11-12,20-22H,2,10,13-14H2,1H3,(H2,30,34)/t20-,21?,22+/m0/s1. The fourth-order valence-electron chi connectivity index (χ4n) is 5.04. The number of ether oxygens (including phenoxy) is 2. The van der Waals surface area contributed by atoms with Gasteiger partial charge in [0.15, 0.2) is 17.7 Å². The molecule has 1 aromatic heterocycles. The van der Waals surface area contributed by atoms with E-state index in [1.54, 1.807) is 17.0 Å². The van der Waals surface area contributed by atoms with E-state index in [0.717, 1.165) is 11.6 Å². The topological polar surface area (TPSA) is 104 Å². The van der Waals surface area contributed by atoms with Gasteiger partial charge in [-0.1, -0.05) is 43.3 Å². The van der Waals surface area contributed by atoms with E-state index < -0.39 is 47.3 Å². The number of carbonyl (C=O) groups excluding carboxylic acids is 2. The van der Waals surface area contributed by atoms with Gasteiger partial charge in [0.25, 0.3) is 11.8 Å². The quantitative estimate of drug-likeness (QED) is 0.528. The Morgan fingerprint density at radius 3 is 2.59 bits per heavy atom. The van der Waals surface area contributed by atoms with Gasteiger partial charge in [0.1, 0.15) is 23.8 Å². The van der Waals surface area contributed by atoms with Crippen LogP contribution in [0.25, 0.3) is 0 Å². The maximum atomic E-state index is 14.4. The monoisotopic (exact) mass is 509 g/mol. The molecule has 8 nitrogen and oxygen atoms in total. The van der Waals surface area contributed by atoms with Gasteiger partial charge in [0.05, 0.1) is 18.7 Å². The van der Waals surface area contributed by atoms with Gasteiger partial charge in [-0.15, -0.1) is 0 Å². The van der Waals surface area contributed by atoms with E-state index in [1.807, 2.05) is 25.1 Å². The maximum absolute atomic E-state index is 14.4. The van der Waals surface area contributed by atoms with Crippen molar-refractivity contribution < 1.29 is 27.8 Å². The summed E-state index contributed by atoms with van der Waals surface area (Å²) in [6, 6.07) is 12.0. The fourth-order valence-corrected chi connectivity index (χ4v) is 5.04. The predicted molar refractivity (Wildman–Crippen MR) is 129 cm³/mol. The van der Waals surface area contributed by atoms with E-state index >= 15 is 0 Å². The molecule has 3 aromatic rings. The molecular weight excluding hydrogens is 484 g/mol. The number of carbonyl (C=O) groups is 2. The molecule has 3 heterocycles. The third kappa shape index (κ3) is 4.48. The minimum Gasteiger partial charge on any atom is -0.483 e. The molecule has 0 aliphatic carbocycles. The highest BCUT2D eigenvalue weighted by molar-refractivity contribution is 5.99. The van der Waals surface area contributed by atoms with Crippen LogP contribution in [0.2, 0.25) is 0 Å². The number of aromatic nitrogens is 1. The molecule has 1 unspecified atom stereocenters. The molecule has 37 heavy (non-hydrogen) atoms. The first-order chi connectivity index (χ1) is 17.8. The Morgan fingerprint density at radius 1 is 1.16 bits per heavy atom. The molecule has 2 aliphatic rings. The third-order valence-corrected chi connectivity index (χ3v) is 6.80. The minimum atomic E-state index is -0.942. The second-order valence-corrected chi connectivity index (χ2v) is 9.10. The average Bonchev–Trinajstić information content (AvgIpc) is 3.22. The van der Waals surface area contributed by atoms with Crippen molar-refractivity contribution in [1.82, 2.24) is 9.47 Å². The van der Waals surface area contributed by atoms with Gasteiger partial charge in [0.2, 0.25) is 5.43 Å². The first-order valence-electron chi connectivity index (χ1n) is 11.9. The molecule has 0 spiro atoms. The molecule has 1 fully saturated rings. The summed E-state index contributed by atoms with van der Waals surface area (Å²) < 4.78 is 41.2. The highest BCUT2D eigenvalue weighted by Crippen LogP contribution is 2.36. The maximum Gasteiger partial charge on any atom is 0.276 e. The number of primary amides is 1. The largest absolute Gasteiger partial charge is 0.483 e. The van der Waals surface area contributed by atoms with Crippen LogP contribution < -0.4 is 15.9 Å². The van der Waals surface area contributed by atoms with Crippen LogP contribution in [0.3, 0.4) is 0 Å². The summed E-state index contributed by atoms with van der Waals surface area (Å²) in [5.41, 5.74) is 5.41. The number of halogens is 2. The zero-order valence-electron chi connectivity index (χ0n) is 20.0. The Balaban J connectivity index is 1.50. The van der Waals surface area contributed by atoms with Crippen LogP contribution in [0.4, 0.5) is 8.78 Å². The van der Waals surface area contributed by atoms with Crippen LogP contribution in [-0.2, 0) is 24.3 Å². The molecule has 0 radical (unpaired) electrons. The van der Waals surface area contributed by atoms with E-state index in [2.05, 4.69) is 0 Å². The van der Waals surface area contributed by atoms with Crippen molar-refractivity contribution >= 4 is 11.8 Å². The van der Waals surface area contributed by atoms with Gasteiger partial charge in [-0.05, 0) is 23.6 Å². The van der Waals surface area contributed by atoms with E-state index in [0.29, 0.717) is 6.42 Å². The van der Waals surface area contributed by atoms with Crippen LogP contribution >= 0.6 is 0 Å². The van der Waals surface area contributed by atoms with Crippen LogP contribution in [0, 0.1) is 11.6 Å². The summed E-state index contributed by atoms with van der Waals surface area (Å²) in [7, 11) is 0. The second-order valence-electron chi connectivity index (χ2n) is 9.10. The molecule has 3 atom stereocenters. The molecule has 1 saturated heterocycles. The molecule has 0 saturated carbocycles. The van der Waals surface area contributed by atoms with Gasteiger partial charge in [-0.3, -0.25) is 14.4 Å². The van der Waals surface area contributed by atoms with Crippen molar-refractivity contribution in [3.8, 4) is 5.75 Å². The predicted octanol–water partition coefficient (Wildman–Crippen LogP) is 3.01. The molecule has 2 amide bonds. The van der Waals surface area contributed by atoms with Crippen LogP contribution in [-0.4, -0.2) is 39.7 Å². The lowest BCUT2D eigenvalue weighted by Crippen LogP contribution is -2.50. The highest BCUT2D eigenvalue weighted by Gasteiger charge is 2.48. The summed E-state index contributed by atoms with van der Waals surface area (Å²) >= 11 is 0. The van der Waals surface area contributed by atoms with Gasteiger partial charge < -0.3 is 24.7 Å². The molecule has 5 rings (SSSR count). The third-order valence-electron chi connectivity index (χ3n) is 6.80. The number of fused-ring (bicyclic) bond motifs is 2. The van der Waals surface area contributed by atoms with Crippen LogP contribution in [0.1, 0.15) is 45.3 Å². The Labute approximate surface area is 211 Å².